The van der Waals surface area contributed by atoms with Crippen LogP contribution in [0.5, 0.6) is 0 Å². The maximum absolute atomic E-state index is 12.7. The topological polar surface area (TPSA) is 78.5 Å². The molecule has 2 N–H and O–H groups in total. The van der Waals surface area contributed by atoms with Gasteiger partial charge in [-0.05, 0) is 55.7 Å². The van der Waals surface area contributed by atoms with Crippen molar-refractivity contribution >= 4 is 63.3 Å². The van der Waals surface area contributed by atoms with Gasteiger partial charge in [-0.1, -0.05) is 60.2 Å². The van der Waals surface area contributed by atoms with E-state index in [4.69, 9.17) is 23.8 Å². The van der Waals surface area contributed by atoms with Crippen LogP contribution in [-0.2, 0) is 9.59 Å². The van der Waals surface area contributed by atoms with Crippen LogP contribution in [-0.4, -0.2) is 45.3 Å². The Morgan fingerprint density at radius 3 is 2.48 bits per heavy atom. The molecule has 6 nitrogen and oxygen atoms in total. The first-order valence-corrected chi connectivity index (χ1v) is 12.5. The molecule has 9 heteroatoms. The van der Waals surface area contributed by atoms with E-state index in [1.54, 1.807) is 41.3 Å². The minimum Gasteiger partial charge on any atom is -0.352 e. The van der Waals surface area contributed by atoms with Gasteiger partial charge in [-0.25, -0.2) is 0 Å². The zero-order valence-corrected chi connectivity index (χ0v) is 20.5. The van der Waals surface area contributed by atoms with Gasteiger partial charge >= 0.3 is 0 Å². The zero-order valence-electron chi connectivity index (χ0n) is 18.1. The Kier molecular flexibility index (Phi) is 9.72. The first-order chi connectivity index (χ1) is 15.9. The molecule has 174 valence electrons. The number of hydrogen-bond donors (Lipinski definition) is 2. The smallest absolute Gasteiger partial charge is 0.251 e. The lowest BCUT2D eigenvalue weighted by Gasteiger charge is -2.15. The van der Waals surface area contributed by atoms with Crippen LogP contribution >= 0.6 is 35.6 Å². The predicted octanol–water partition coefficient (Wildman–Crippen LogP) is 4.89. The van der Waals surface area contributed by atoms with Gasteiger partial charge in [0.15, 0.2) is 0 Å². The highest BCUT2D eigenvalue weighted by molar-refractivity contribution is 8.24. The zero-order chi connectivity index (χ0) is 23.6. The molecule has 1 aliphatic heterocycles. The Balaban J connectivity index is 1.32. The van der Waals surface area contributed by atoms with Gasteiger partial charge in [0.25, 0.3) is 5.91 Å². The Morgan fingerprint density at radius 2 is 1.76 bits per heavy atom. The minimum absolute atomic E-state index is 0.0106. The molecular formula is C24H26ClN3O3S2. The number of thioether (sulfide) groups is 1. The number of hydrogen-bond acceptors (Lipinski definition) is 5. The average Bonchev–Trinajstić information content (AvgIpc) is 3.08. The van der Waals surface area contributed by atoms with Crippen molar-refractivity contribution in [1.82, 2.24) is 10.2 Å². The summed E-state index contributed by atoms with van der Waals surface area (Å²) in [6.45, 7) is 0.999. The van der Waals surface area contributed by atoms with E-state index in [2.05, 4.69) is 10.6 Å². The molecule has 0 aliphatic carbocycles. The highest BCUT2D eigenvalue weighted by Crippen LogP contribution is 2.31. The number of nitrogens with one attached hydrogen (secondary N) is 2. The number of amides is 3. The fraction of sp³-hybridized carbons (Fsp3) is 0.333. The van der Waals surface area contributed by atoms with E-state index in [9.17, 15) is 14.4 Å². The fourth-order valence-electron chi connectivity index (χ4n) is 3.39. The predicted molar refractivity (Wildman–Crippen MR) is 138 cm³/mol. The van der Waals surface area contributed by atoms with Gasteiger partial charge < -0.3 is 10.6 Å². The number of anilines is 1. The van der Waals surface area contributed by atoms with Gasteiger partial charge in [0.05, 0.1) is 5.25 Å². The summed E-state index contributed by atoms with van der Waals surface area (Å²) >= 11 is 12.6. The van der Waals surface area contributed by atoms with E-state index in [0.717, 1.165) is 12.8 Å². The standard InChI is InChI=1S/C24H26ClN3O3S2/c25-18-11-13-19(14-12-18)27-21(29)10-6-16-28-23(31)20(33-24(28)32)9-4-5-15-26-22(30)17-7-2-1-3-8-17/h1-3,7-8,11-14,20H,4-6,9-10,15-16H2,(H,26,30)(H,27,29)/t20-/m1/s1. The summed E-state index contributed by atoms with van der Waals surface area (Å²) in [7, 11) is 0. The lowest BCUT2D eigenvalue weighted by molar-refractivity contribution is -0.126. The molecule has 33 heavy (non-hydrogen) atoms. The summed E-state index contributed by atoms with van der Waals surface area (Å²) in [6, 6.07) is 16.0. The van der Waals surface area contributed by atoms with E-state index < -0.39 is 0 Å². The Labute approximate surface area is 208 Å². The molecule has 1 fully saturated rings. The molecule has 0 saturated carbocycles. The molecule has 0 radical (unpaired) electrons. The van der Waals surface area contributed by atoms with Crippen LogP contribution in [0.25, 0.3) is 0 Å². The lowest BCUT2D eigenvalue weighted by Crippen LogP contribution is -2.32. The number of thiocarbonyl (C=S) groups is 1. The third-order valence-corrected chi connectivity index (χ3v) is 7.04. The number of carbonyl (C=O) groups excluding carboxylic acids is 3. The molecule has 1 heterocycles. The fourth-order valence-corrected chi connectivity index (χ4v) is 5.11. The van der Waals surface area contributed by atoms with E-state index in [1.165, 1.54) is 11.8 Å². The molecule has 2 aromatic rings. The SMILES string of the molecule is O=C(CCCN1C(=O)[C@@H](CCCCNC(=O)c2ccccc2)SC1=S)Nc1ccc(Cl)cc1. The first kappa shape index (κ1) is 25.2. The van der Waals surface area contributed by atoms with E-state index in [-0.39, 0.29) is 23.0 Å². The Bertz CT molecular complexity index is 986. The van der Waals surface area contributed by atoms with Gasteiger partial charge in [-0.2, -0.15) is 0 Å². The van der Waals surface area contributed by atoms with Crippen LogP contribution in [0, 0.1) is 0 Å². The second-order valence-corrected chi connectivity index (χ2v) is 9.91. The maximum atomic E-state index is 12.7. The van der Waals surface area contributed by atoms with Gasteiger partial charge in [0.2, 0.25) is 11.8 Å². The Morgan fingerprint density at radius 1 is 1.03 bits per heavy atom. The third kappa shape index (κ3) is 7.84. The van der Waals surface area contributed by atoms with Crippen LogP contribution < -0.4 is 10.6 Å². The van der Waals surface area contributed by atoms with E-state index in [1.807, 2.05) is 18.2 Å². The summed E-state index contributed by atoms with van der Waals surface area (Å²) < 4.78 is 0.570. The monoisotopic (exact) mass is 503 g/mol. The molecule has 0 unspecified atom stereocenters. The summed E-state index contributed by atoms with van der Waals surface area (Å²) in [5.41, 5.74) is 1.33. The number of halogens is 1. The summed E-state index contributed by atoms with van der Waals surface area (Å²) in [6.07, 6.45) is 3.15. The van der Waals surface area contributed by atoms with Crippen molar-refractivity contribution in [2.24, 2.45) is 0 Å². The molecule has 3 rings (SSSR count). The largest absolute Gasteiger partial charge is 0.352 e. The third-order valence-electron chi connectivity index (χ3n) is 5.13. The number of unbranched alkanes of at least 4 members (excludes halogenated alkanes) is 1. The Hall–Kier alpha value is -2.42. The van der Waals surface area contributed by atoms with Crippen LogP contribution in [0.4, 0.5) is 5.69 Å². The van der Waals surface area contributed by atoms with E-state index in [0.29, 0.717) is 52.9 Å². The first-order valence-electron chi connectivity index (χ1n) is 10.8. The van der Waals surface area contributed by atoms with Crippen LogP contribution in [0.2, 0.25) is 5.02 Å². The molecular weight excluding hydrogens is 478 g/mol. The number of nitrogens with zero attached hydrogens (tertiary/aromatic N) is 1. The van der Waals surface area contributed by atoms with Crippen molar-refractivity contribution in [3.8, 4) is 0 Å². The molecule has 3 amide bonds. The quantitative estimate of drug-likeness (QED) is 0.337. The molecule has 0 aromatic heterocycles. The van der Waals surface area contributed by atoms with E-state index >= 15 is 0 Å². The molecule has 2 aromatic carbocycles. The number of carbonyl (C=O) groups is 3. The van der Waals surface area contributed by atoms with Crippen molar-refractivity contribution in [3.05, 3.63) is 65.2 Å². The summed E-state index contributed by atoms with van der Waals surface area (Å²) in [5.74, 6) is -0.192. The highest BCUT2D eigenvalue weighted by atomic mass is 35.5. The summed E-state index contributed by atoms with van der Waals surface area (Å²) in [5, 5.41) is 6.13. The van der Waals surface area contributed by atoms with Crippen molar-refractivity contribution in [3.63, 3.8) is 0 Å². The molecule has 0 bridgehead atoms. The van der Waals surface area contributed by atoms with Crippen LogP contribution in [0.1, 0.15) is 42.5 Å². The number of rotatable bonds is 11. The van der Waals surface area contributed by atoms with Crippen LogP contribution in [0.3, 0.4) is 0 Å². The molecule has 1 atom stereocenters. The minimum atomic E-state index is -0.190. The number of benzene rings is 2. The molecule has 0 spiro atoms. The van der Waals surface area contributed by atoms with Crippen molar-refractivity contribution < 1.29 is 14.4 Å². The van der Waals surface area contributed by atoms with Gasteiger partial charge in [0, 0.05) is 35.8 Å². The molecule has 1 saturated heterocycles. The van der Waals surface area contributed by atoms with Gasteiger partial charge in [-0.3, -0.25) is 19.3 Å². The second-order valence-electron chi connectivity index (χ2n) is 7.64. The van der Waals surface area contributed by atoms with Crippen molar-refractivity contribution in [2.45, 2.75) is 37.4 Å². The van der Waals surface area contributed by atoms with Gasteiger partial charge in [-0.15, -0.1) is 0 Å². The van der Waals surface area contributed by atoms with Crippen LogP contribution in [0.15, 0.2) is 54.6 Å². The summed E-state index contributed by atoms with van der Waals surface area (Å²) in [4.78, 5) is 38.5. The van der Waals surface area contributed by atoms with Gasteiger partial charge in [0.1, 0.15) is 4.32 Å². The van der Waals surface area contributed by atoms with Crippen molar-refractivity contribution in [1.29, 1.82) is 0 Å². The molecule has 1 aliphatic rings. The average molecular weight is 504 g/mol. The lowest BCUT2D eigenvalue weighted by atomic mass is 10.1. The maximum Gasteiger partial charge on any atom is 0.251 e. The second kappa shape index (κ2) is 12.7. The normalized spacial score (nSPS) is 15.5. The highest BCUT2D eigenvalue weighted by Gasteiger charge is 2.35. The van der Waals surface area contributed by atoms with Crippen molar-refractivity contribution in [2.75, 3.05) is 18.4 Å².